The quantitative estimate of drug-likeness (QED) is 0.772. The van der Waals surface area contributed by atoms with E-state index in [1.54, 1.807) is 0 Å². The average molecular weight is 256 g/mol. The number of hydrogen-bond donors (Lipinski definition) is 0. The predicted octanol–water partition coefficient (Wildman–Crippen LogP) is 3.18. The van der Waals surface area contributed by atoms with Crippen LogP contribution in [-0.2, 0) is 12.9 Å². The van der Waals surface area contributed by atoms with Gasteiger partial charge in [0.25, 0.3) is 0 Å². The van der Waals surface area contributed by atoms with Crippen LogP contribution < -0.4 is 0 Å². The molecule has 16 heavy (non-hydrogen) atoms. The zero-order chi connectivity index (χ0) is 11.7. The van der Waals surface area contributed by atoms with E-state index in [1.807, 2.05) is 36.7 Å². The summed E-state index contributed by atoms with van der Waals surface area (Å²) in [6.45, 7) is 2.00. The maximum absolute atomic E-state index is 5.91. The number of alkyl halides is 1. The summed E-state index contributed by atoms with van der Waals surface area (Å²) in [6.07, 6.45) is 0. The van der Waals surface area contributed by atoms with Crippen LogP contribution in [-0.4, -0.2) is 14.8 Å². The number of halogens is 2. The van der Waals surface area contributed by atoms with Gasteiger partial charge in [-0.2, -0.15) is 0 Å². The molecule has 0 fully saturated rings. The van der Waals surface area contributed by atoms with Gasteiger partial charge in [0.05, 0.1) is 5.88 Å². The fraction of sp³-hybridized carbons (Fsp3) is 0.273. The molecule has 0 aliphatic carbocycles. The van der Waals surface area contributed by atoms with E-state index in [1.165, 1.54) is 0 Å². The lowest BCUT2D eigenvalue weighted by Crippen LogP contribution is -1.98. The third-order valence-electron chi connectivity index (χ3n) is 2.51. The highest BCUT2D eigenvalue weighted by atomic mass is 35.5. The third-order valence-corrected chi connectivity index (χ3v) is 2.99. The van der Waals surface area contributed by atoms with Crippen LogP contribution in [0, 0.1) is 6.92 Å². The Morgan fingerprint density at radius 1 is 1.31 bits per heavy atom. The molecule has 84 valence electrons. The molecule has 0 spiro atoms. The molecule has 5 heteroatoms. The molecule has 3 nitrogen and oxygen atoms in total. The van der Waals surface area contributed by atoms with Crippen molar-refractivity contribution in [3.8, 4) is 11.4 Å². The number of nitrogens with zero attached hydrogens (tertiary/aromatic N) is 3. The van der Waals surface area contributed by atoms with E-state index < -0.39 is 0 Å². The summed E-state index contributed by atoms with van der Waals surface area (Å²) < 4.78 is 1.89. The number of aryl methyl sites for hydroxylation is 1. The van der Waals surface area contributed by atoms with Crippen molar-refractivity contribution in [2.75, 3.05) is 0 Å². The Morgan fingerprint density at radius 3 is 2.62 bits per heavy atom. The summed E-state index contributed by atoms with van der Waals surface area (Å²) >= 11 is 11.7. The van der Waals surface area contributed by atoms with Crippen LogP contribution in [0.5, 0.6) is 0 Å². The van der Waals surface area contributed by atoms with Gasteiger partial charge in [-0.05, 0) is 30.7 Å². The normalized spacial score (nSPS) is 10.8. The summed E-state index contributed by atoms with van der Waals surface area (Å²) in [6, 6.07) is 5.70. The van der Waals surface area contributed by atoms with Crippen LogP contribution >= 0.6 is 23.2 Å². The van der Waals surface area contributed by atoms with Gasteiger partial charge in [0, 0.05) is 17.6 Å². The standard InChI is InChI=1S/C11H11Cl2N3/c1-7-5-8(13)3-4-9(7)11-15-14-10(6-12)16(11)2/h3-5H,6H2,1-2H3. The first kappa shape index (κ1) is 11.4. The van der Waals surface area contributed by atoms with Crippen molar-refractivity contribution in [2.45, 2.75) is 12.8 Å². The summed E-state index contributed by atoms with van der Waals surface area (Å²) in [5.41, 5.74) is 2.10. The monoisotopic (exact) mass is 255 g/mol. The summed E-state index contributed by atoms with van der Waals surface area (Å²) in [5.74, 6) is 1.92. The number of rotatable bonds is 2. The molecule has 2 aromatic rings. The van der Waals surface area contributed by atoms with Gasteiger partial charge in [-0.3, -0.25) is 0 Å². The zero-order valence-corrected chi connectivity index (χ0v) is 10.5. The molecule has 1 aromatic heterocycles. The van der Waals surface area contributed by atoms with Crippen LogP contribution in [0.15, 0.2) is 18.2 Å². The minimum absolute atomic E-state index is 0.357. The highest BCUT2D eigenvalue weighted by Gasteiger charge is 2.11. The third kappa shape index (κ3) is 1.93. The second kappa shape index (κ2) is 4.44. The molecule has 0 aliphatic rings. The Morgan fingerprint density at radius 2 is 2.06 bits per heavy atom. The second-order valence-electron chi connectivity index (χ2n) is 3.59. The summed E-state index contributed by atoms with van der Waals surface area (Å²) in [5, 5.41) is 8.88. The molecule has 0 bridgehead atoms. The van der Waals surface area contributed by atoms with E-state index >= 15 is 0 Å². The average Bonchev–Trinajstić information content (AvgIpc) is 2.60. The molecule has 0 radical (unpaired) electrons. The highest BCUT2D eigenvalue weighted by Crippen LogP contribution is 2.24. The van der Waals surface area contributed by atoms with Gasteiger partial charge in [0.1, 0.15) is 5.82 Å². The van der Waals surface area contributed by atoms with Crippen molar-refractivity contribution in [2.24, 2.45) is 7.05 Å². The van der Waals surface area contributed by atoms with Crippen LogP contribution in [0.4, 0.5) is 0 Å². The highest BCUT2D eigenvalue weighted by molar-refractivity contribution is 6.30. The molecule has 0 saturated heterocycles. The zero-order valence-electron chi connectivity index (χ0n) is 9.04. The van der Waals surface area contributed by atoms with Gasteiger partial charge in [-0.25, -0.2) is 0 Å². The molecule has 0 aliphatic heterocycles. The lowest BCUT2D eigenvalue weighted by molar-refractivity contribution is 0.853. The minimum atomic E-state index is 0.357. The molecule has 0 amide bonds. The lowest BCUT2D eigenvalue weighted by atomic mass is 10.1. The van der Waals surface area contributed by atoms with E-state index in [9.17, 15) is 0 Å². The Kier molecular flexibility index (Phi) is 3.17. The second-order valence-corrected chi connectivity index (χ2v) is 4.30. The molecular weight excluding hydrogens is 245 g/mol. The van der Waals surface area contributed by atoms with Crippen molar-refractivity contribution < 1.29 is 0 Å². The topological polar surface area (TPSA) is 30.7 Å². The van der Waals surface area contributed by atoms with Crippen molar-refractivity contribution in [1.82, 2.24) is 14.8 Å². The molecule has 1 aromatic carbocycles. The fourth-order valence-corrected chi connectivity index (χ4v) is 2.05. The lowest BCUT2D eigenvalue weighted by Gasteiger charge is -2.06. The van der Waals surface area contributed by atoms with Gasteiger partial charge < -0.3 is 4.57 Å². The molecule has 2 rings (SSSR count). The smallest absolute Gasteiger partial charge is 0.163 e. The fourth-order valence-electron chi connectivity index (χ4n) is 1.59. The molecule has 0 N–H and O–H groups in total. The minimum Gasteiger partial charge on any atom is -0.313 e. The van der Waals surface area contributed by atoms with Crippen molar-refractivity contribution in [3.05, 3.63) is 34.6 Å². The van der Waals surface area contributed by atoms with Gasteiger partial charge >= 0.3 is 0 Å². The Labute approximate surface area is 104 Å². The van der Waals surface area contributed by atoms with Crippen LogP contribution in [0.1, 0.15) is 11.4 Å². The first-order valence-electron chi connectivity index (χ1n) is 4.84. The predicted molar refractivity (Wildman–Crippen MR) is 65.7 cm³/mol. The molecule has 0 unspecified atom stereocenters. The van der Waals surface area contributed by atoms with E-state index in [0.29, 0.717) is 5.88 Å². The first-order chi connectivity index (χ1) is 7.63. The molecular formula is C11H11Cl2N3. The van der Waals surface area contributed by atoms with Gasteiger partial charge in [-0.1, -0.05) is 11.6 Å². The number of hydrogen-bond acceptors (Lipinski definition) is 2. The Hall–Kier alpha value is -1.06. The maximum atomic E-state index is 5.91. The largest absolute Gasteiger partial charge is 0.313 e. The van der Waals surface area contributed by atoms with Gasteiger partial charge in [0.2, 0.25) is 0 Å². The van der Waals surface area contributed by atoms with Gasteiger partial charge in [0.15, 0.2) is 5.82 Å². The molecule has 0 saturated carbocycles. The SMILES string of the molecule is Cc1cc(Cl)ccc1-c1nnc(CCl)n1C. The van der Waals surface area contributed by atoms with Crippen molar-refractivity contribution in [3.63, 3.8) is 0 Å². The van der Waals surface area contributed by atoms with Crippen molar-refractivity contribution in [1.29, 1.82) is 0 Å². The van der Waals surface area contributed by atoms with E-state index in [0.717, 1.165) is 27.8 Å². The molecule has 0 atom stereocenters. The maximum Gasteiger partial charge on any atom is 0.163 e. The van der Waals surface area contributed by atoms with E-state index in [-0.39, 0.29) is 0 Å². The Bertz CT molecular complexity index is 520. The summed E-state index contributed by atoms with van der Waals surface area (Å²) in [7, 11) is 1.90. The van der Waals surface area contributed by atoms with Crippen LogP contribution in [0.3, 0.4) is 0 Å². The molecule has 1 heterocycles. The van der Waals surface area contributed by atoms with E-state index in [4.69, 9.17) is 23.2 Å². The summed E-state index contributed by atoms with van der Waals surface area (Å²) in [4.78, 5) is 0. The van der Waals surface area contributed by atoms with Crippen LogP contribution in [0.2, 0.25) is 5.02 Å². The Balaban J connectivity index is 2.54. The first-order valence-corrected chi connectivity index (χ1v) is 5.75. The van der Waals surface area contributed by atoms with E-state index in [2.05, 4.69) is 10.2 Å². The number of aromatic nitrogens is 3. The number of benzene rings is 1. The van der Waals surface area contributed by atoms with Gasteiger partial charge in [-0.15, -0.1) is 21.8 Å². The van der Waals surface area contributed by atoms with Crippen LogP contribution in [0.25, 0.3) is 11.4 Å². The van der Waals surface area contributed by atoms with Crippen molar-refractivity contribution >= 4 is 23.2 Å².